The lowest BCUT2D eigenvalue weighted by Crippen LogP contribution is -2.31. The van der Waals surface area contributed by atoms with Crippen LogP contribution in [0.4, 0.5) is 0 Å². The summed E-state index contributed by atoms with van der Waals surface area (Å²) >= 11 is 0. The van der Waals surface area contributed by atoms with Crippen LogP contribution in [0.2, 0.25) is 0 Å². The Balaban J connectivity index is 1.59. The first-order valence-electron chi connectivity index (χ1n) is 8.76. The average Bonchev–Trinajstić information content (AvgIpc) is 3.00. The molecule has 0 saturated carbocycles. The molecular formula is C20H20N4O2. The molecule has 26 heavy (non-hydrogen) atoms. The molecule has 0 saturated heterocycles. The largest absolute Gasteiger partial charge is 0.466 e. The van der Waals surface area contributed by atoms with Gasteiger partial charge in [-0.25, -0.2) is 9.97 Å². The number of carbonyl (C=O) groups is 1. The summed E-state index contributed by atoms with van der Waals surface area (Å²) < 4.78 is 5.47. The lowest BCUT2D eigenvalue weighted by atomic mass is 9.92. The third-order valence-corrected chi connectivity index (χ3v) is 4.71. The van der Waals surface area contributed by atoms with Crippen molar-refractivity contribution in [3.05, 3.63) is 65.1 Å². The maximum Gasteiger partial charge on any atom is 0.255 e. The Morgan fingerprint density at radius 3 is 2.81 bits per heavy atom. The van der Waals surface area contributed by atoms with E-state index in [1.165, 1.54) is 0 Å². The minimum Gasteiger partial charge on any atom is -0.466 e. The summed E-state index contributed by atoms with van der Waals surface area (Å²) in [6, 6.07) is 5.49. The van der Waals surface area contributed by atoms with Crippen LogP contribution in [0.3, 0.4) is 0 Å². The minimum atomic E-state index is -0.115. The van der Waals surface area contributed by atoms with E-state index in [4.69, 9.17) is 9.40 Å². The van der Waals surface area contributed by atoms with E-state index >= 15 is 0 Å². The van der Waals surface area contributed by atoms with Crippen molar-refractivity contribution in [2.24, 2.45) is 0 Å². The van der Waals surface area contributed by atoms with Crippen LogP contribution in [0.25, 0.3) is 11.4 Å². The summed E-state index contributed by atoms with van der Waals surface area (Å²) in [6.07, 6.45) is 8.06. The maximum atomic E-state index is 12.6. The number of rotatable bonds is 3. The zero-order chi connectivity index (χ0) is 18.1. The van der Waals surface area contributed by atoms with E-state index in [0.717, 1.165) is 41.8 Å². The predicted octanol–water partition coefficient (Wildman–Crippen LogP) is 3.56. The lowest BCUT2D eigenvalue weighted by Gasteiger charge is -2.25. The van der Waals surface area contributed by atoms with Gasteiger partial charge < -0.3 is 9.73 Å². The summed E-state index contributed by atoms with van der Waals surface area (Å²) in [5.74, 6) is 1.96. The molecule has 0 aliphatic heterocycles. The van der Waals surface area contributed by atoms with Crippen molar-refractivity contribution in [2.75, 3.05) is 0 Å². The zero-order valence-corrected chi connectivity index (χ0v) is 14.8. The Morgan fingerprint density at radius 2 is 2.08 bits per heavy atom. The number of hydrogen-bond acceptors (Lipinski definition) is 5. The summed E-state index contributed by atoms with van der Waals surface area (Å²) in [4.78, 5) is 25.9. The molecule has 0 bridgehead atoms. The van der Waals surface area contributed by atoms with Crippen molar-refractivity contribution in [3.8, 4) is 11.4 Å². The predicted molar refractivity (Wildman–Crippen MR) is 96.6 cm³/mol. The fourth-order valence-electron chi connectivity index (χ4n) is 3.43. The smallest absolute Gasteiger partial charge is 0.255 e. The normalized spacial score (nSPS) is 16.2. The monoisotopic (exact) mass is 348 g/mol. The molecule has 132 valence electrons. The second kappa shape index (κ2) is 6.71. The van der Waals surface area contributed by atoms with Crippen LogP contribution in [-0.2, 0) is 6.42 Å². The van der Waals surface area contributed by atoms with Crippen molar-refractivity contribution < 1.29 is 9.21 Å². The standard InChI is InChI=1S/C20H20N4O2/c1-12-10-15(13(2)26-12)20(25)24-18-5-3-4-17-16(18)11-22-19(23-17)14-6-8-21-9-7-14/h6-11,18H,3-5H2,1-2H3,(H,24,25). The highest BCUT2D eigenvalue weighted by molar-refractivity contribution is 5.95. The molecule has 4 rings (SSSR count). The van der Waals surface area contributed by atoms with Crippen molar-refractivity contribution >= 4 is 5.91 Å². The molecule has 0 fully saturated rings. The van der Waals surface area contributed by atoms with E-state index in [1.807, 2.05) is 25.3 Å². The van der Waals surface area contributed by atoms with Gasteiger partial charge in [0.25, 0.3) is 5.91 Å². The number of aromatic nitrogens is 3. The van der Waals surface area contributed by atoms with Crippen LogP contribution in [0, 0.1) is 13.8 Å². The van der Waals surface area contributed by atoms with Gasteiger partial charge in [-0.15, -0.1) is 0 Å². The van der Waals surface area contributed by atoms with Gasteiger partial charge in [-0.1, -0.05) is 0 Å². The van der Waals surface area contributed by atoms with Crippen LogP contribution in [0.15, 0.2) is 41.2 Å². The SMILES string of the molecule is Cc1cc(C(=O)NC2CCCc3nc(-c4ccncc4)ncc32)c(C)o1. The first-order chi connectivity index (χ1) is 12.6. The molecule has 1 aliphatic carbocycles. The number of carbonyl (C=O) groups excluding carboxylic acids is 1. The van der Waals surface area contributed by atoms with Crippen LogP contribution in [0.1, 0.15) is 52.0 Å². The lowest BCUT2D eigenvalue weighted by molar-refractivity contribution is 0.0931. The molecule has 0 aromatic carbocycles. The Bertz CT molecular complexity index is 950. The first-order valence-corrected chi connectivity index (χ1v) is 8.76. The topological polar surface area (TPSA) is 80.9 Å². The molecule has 6 heteroatoms. The van der Waals surface area contributed by atoms with Gasteiger partial charge in [0.15, 0.2) is 5.82 Å². The number of aryl methyl sites for hydroxylation is 3. The van der Waals surface area contributed by atoms with Crippen LogP contribution >= 0.6 is 0 Å². The van der Waals surface area contributed by atoms with Crippen molar-refractivity contribution in [1.29, 1.82) is 0 Å². The highest BCUT2D eigenvalue weighted by atomic mass is 16.3. The second-order valence-corrected chi connectivity index (χ2v) is 6.58. The molecule has 3 aromatic rings. The molecule has 1 aliphatic rings. The molecule has 3 aromatic heterocycles. The molecule has 6 nitrogen and oxygen atoms in total. The van der Waals surface area contributed by atoms with Gasteiger partial charge in [0.1, 0.15) is 11.5 Å². The number of pyridine rings is 1. The molecule has 1 atom stereocenters. The van der Waals surface area contributed by atoms with Gasteiger partial charge >= 0.3 is 0 Å². The maximum absolute atomic E-state index is 12.6. The summed E-state index contributed by atoms with van der Waals surface area (Å²) in [5, 5.41) is 3.12. The fraction of sp³-hybridized carbons (Fsp3) is 0.300. The van der Waals surface area contributed by atoms with E-state index in [2.05, 4.69) is 15.3 Å². The number of nitrogens with zero attached hydrogens (tertiary/aromatic N) is 3. The van der Waals surface area contributed by atoms with Crippen LogP contribution < -0.4 is 5.32 Å². The van der Waals surface area contributed by atoms with Gasteiger partial charge in [0, 0.05) is 35.4 Å². The van der Waals surface area contributed by atoms with Gasteiger partial charge in [-0.05, 0) is 51.3 Å². The number of hydrogen-bond donors (Lipinski definition) is 1. The molecule has 0 spiro atoms. The van der Waals surface area contributed by atoms with E-state index in [-0.39, 0.29) is 11.9 Å². The summed E-state index contributed by atoms with van der Waals surface area (Å²) in [5.41, 5.74) is 3.53. The Morgan fingerprint density at radius 1 is 1.27 bits per heavy atom. The second-order valence-electron chi connectivity index (χ2n) is 6.58. The quantitative estimate of drug-likeness (QED) is 0.783. The zero-order valence-electron chi connectivity index (χ0n) is 14.8. The molecule has 3 heterocycles. The Kier molecular flexibility index (Phi) is 4.24. The number of amides is 1. The number of fused-ring (bicyclic) bond motifs is 1. The number of nitrogens with one attached hydrogen (secondary N) is 1. The van der Waals surface area contributed by atoms with Gasteiger partial charge in [-0.2, -0.15) is 0 Å². The van der Waals surface area contributed by atoms with E-state index < -0.39 is 0 Å². The van der Waals surface area contributed by atoms with E-state index in [0.29, 0.717) is 17.1 Å². The number of furan rings is 1. The van der Waals surface area contributed by atoms with Gasteiger partial charge in [0.2, 0.25) is 0 Å². The first kappa shape index (κ1) is 16.4. The van der Waals surface area contributed by atoms with Crippen molar-refractivity contribution in [1.82, 2.24) is 20.3 Å². The van der Waals surface area contributed by atoms with E-state index in [9.17, 15) is 4.79 Å². The summed E-state index contributed by atoms with van der Waals surface area (Å²) in [7, 11) is 0. The Hall–Kier alpha value is -3.02. The van der Waals surface area contributed by atoms with Gasteiger partial charge in [0.05, 0.1) is 11.6 Å². The van der Waals surface area contributed by atoms with Crippen molar-refractivity contribution in [3.63, 3.8) is 0 Å². The Labute approximate surface area is 151 Å². The van der Waals surface area contributed by atoms with Crippen molar-refractivity contribution in [2.45, 2.75) is 39.2 Å². The summed E-state index contributed by atoms with van der Waals surface area (Å²) in [6.45, 7) is 3.65. The molecule has 1 amide bonds. The highest BCUT2D eigenvalue weighted by Crippen LogP contribution is 2.30. The fourth-order valence-corrected chi connectivity index (χ4v) is 3.43. The third kappa shape index (κ3) is 3.10. The van der Waals surface area contributed by atoms with Gasteiger partial charge in [-0.3, -0.25) is 9.78 Å². The minimum absolute atomic E-state index is 0.0765. The molecule has 0 radical (unpaired) electrons. The van der Waals surface area contributed by atoms with Crippen LogP contribution in [0.5, 0.6) is 0 Å². The average molecular weight is 348 g/mol. The molecule has 1 unspecified atom stereocenters. The van der Waals surface area contributed by atoms with E-state index in [1.54, 1.807) is 25.4 Å². The molecule has 1 N–H and O–H groups in total. The third-order valence-electron chi connectivity index (χ3n) is 4.71. The molecular weight excluding hydrogens is 328 g/mol. The van der Waals surface area contributed by atoms with Crippen LogP contribution in [-0.4, -0.2) is 20.9 Å². The highest BCUT2D eigenvalue weighted by Gasteiger charge is 2.25.